The molecule has 0 bridgehead atoms. The second kappa shape index (κ2) is 8.77. The van der Waals surface area contributed by atoms with Crippen molar-refractivity contribution >= 4 is 17.3 Å². The van der Waals surface area contributed by atoms with Gasteiger partial charge in [-0.2, -0.15) is 0 Å². The standard InChI is InChI=1S/C16H23N5O2/c1-2-17-16(20-13-7-3-4-8-13)19-12-11-18-14-9-5-6-10-15(14)21(22)23/h3-6,9-10,13,18H,2,7-8,11-12H2,1H3,(H2,17,19,20). The Kier molecular flexibility index (Phi) is 6.40. The molecule has 0 atom stereocenters. The number of rotatable bonds is 7. The lowest BCUT2D eigenvalue weighted by atomic mass is 10.2. The maximum atomic E-state index is 11.0. The van der Waals surface area contributed by atoms with Crippen LogP contribution in [0.5, 0.6) is 0 Å². The van der Waals surface area contributed by atoms with Gasteiger partial charge < -0.3 is 16.0 Å². The van der Waals surface area contributed by atoms with Gasteiger partial charge in [-0.1, -0.05) is 24.3 Å². The molecule has 0 aliphatic heterocycles. The number of benzene rings is 1. The van der Waals surface area contributed by atoms with Crippen molar-refractivity contribution in [1.29, 1.82) is 0 Å². The van der Waals surface area contributed by atoms with E-state index in [4.69, 9.17) is 0 Å². The summed E-state index contributed by atoms with van der Waals surface area (Å²) in [7, 11) is 0. The number of anilines is 1. The van der Waals surface area contributed by atoms with E-state index in [0.717, 1.165) is 25.3 Å². The summed E-state index contributed by atoms with van der Waals surface area (Å²) in [5, 5.41) is 20.6. The number of nitro benzene ring substituents is 1. The fraction of sp³-hybridized carbons (Fsp3) is 0.438. The average Bonchev–Trinajstić information content (AvgIpc) is 3.05. The lowest BCUT2D eigenvalue weighted by molar-refractivity contribution is -0.384. The topological polar surface area (TPSA) is 91.6 Å². The molecule has 124 valence electrons. The molecule has 23 heavy (non-hydrogen) atoms. The molecule has 3 N–H and O–H groups in total. The average molecular weight is 317 g/mol. The molecular weight excluding hydrogens is 294 g/mol. The van der Waals surface area contributed by atoms with Gasteiger partial charge in [-0.25, -0.2) is 0 Å². The van der Waals surface area contributed by atoms with Crippen LogP contribution in [0.1, 0.15) is 19.8 Å². The van der Waals surface area contributed by atoms with Crippen LogP contribution in [0.15, 0.2) is 41.4 Å². The normalized spacial score (nSPS) is 14.7. The van der Waals surface area contributed by atoms with E-state index < -0.39 is 0 Å². The Balaban J connectivity index is 1.84. The van der Waals surface area contributed by atoms with Gasteiger partial charge in [0.25, 0.3) is 5.69 Å². The summed E-state index contributed by atoms with van der Waals surface area (Å²) in [4.78, 5) is 15.1. The second-order valence-corrected chi connectivity index (χ2v) is 5.25. The molecular formula is C16H23N5O2. The lowest BCUT2D eigenvalue weighted by Crippen LogP contribution is -2.42. The first-order valence-electron chi connectivity index (χ1n) is 7.88. The van der Waals surface area contributed by atoms with Crippen LogP contribution in [-0.2, 0) is 0 Å². The molecule has 0 unspecified atom stereocenters. The fourth-order valence-electron chi connectivity index (χ4n) is 2.39. The molecule has 0 amide bonds. The Morgan fingerprint density at radius 1 is 1.35 bits per heavy atom. The van der Waals surface area contributed by atoms with Crippen LogP contribution in [0.3, 0.4) is 0 Å². The fourth-order valence-corrected chi connectivity index (χ4v) is 2.39. The first kappa shape index (κ1) is 16.8. The van der Waals surface area contributed by atoms with Gasteiger partial charge in [-0.05, 0) is 25.8 Å². The van der Waals surface area contributed by atoms with Crippen molar-refractivity contribution in [2.45, 2.75) is 25.8 Å². The highest BCUT2D eigenvalue weighted by atomic mass is 16.6. The van der Waals surface area contributed by atoms with E-state index in [-0.39, 0.29) is 10.6 Å². The van der Waals surface area contributed by atoms with Gasteiger partial charge >= 0.3 is 0 Å². The minimum atomic E-state index is -0.385. The largest absolute Gasteiger partial charge is 0.378 e. The van der Waals surface area contributed by atoms with Gasteiger partial charge in [0.05, 0.1) is 11.5 Å². The zero-order chi connectivity index (χ0) is 16.5. The minimum absolute atomic E-state index is 0.0820. The molecule has 1 aromatic carbocycles. The number of hydrogen-bond acceptors (Lipinski definition) is 4. The molecule has 0 aromatic heterocycles. The van der Waals surface area contributed by atoms with Crippen molar-refractivity contribution in [3.63, 3.8) is 0 Å². The SMILES string of the molecule is CCNC(=NCCNc1ccccc1[N+](=O)[O-])NC1CC=CC1. The van der Waals surface area contributed by atoms with E-state index in [1.165, 1.54) is 6.07 Å². The third-order valence-electron chi connectivity index (χ3n) is 3.49. The van der Waals surface area contributed by atoms with Crippen molar-refractivity contribution in [3.8, 4) is 0 Å². The highest BCUT2D eigenvalue weighted by molar-refractivity contribution is 5.80. The smallest absolute Gasteiger partial charge is 0.292 e. The summed E-state index contributed by atoms with van der Waals surface area (Å²) in [6, 6.07) is 7.03. The molecule has 1 aromatic rings. The Hall–Kier alpha value is -2.57. The number of guanidine groups is 1. The number of hydrogen-bond donors (Lipinski definition) is 3. The number of para-hydroxylation sites is 2. The maximum Gasteiger partial charge on any atom is 0.292 e. The van der Waals surface area contributed by atoms with E-state index in [1.807, 2.05) is 6.92 Å². The second-order valence-electron chi connectivity index (χ2n) is 5.25. The van der Waals surface area contributed by atoms with Crippen LogP contribution in [-0.4, -0.2) is 36.6 Å². The number of nitrogens with one attached hydrogen (secondary N) is 3. The van der Waals surface area contributed by atoms with E-state index in [0.29, 0.717) is 24.8 Å². The molecule has 0 spiro atoms. The van der Waals surface area contributed by atoms with E-state index in [2.05, 4.69) is 33.1 Å². The van der Waals surface area contributed by atoms with E-state index in [1.54, 1.807) is 18.2 Å². The van der Waals surface area contributed by atoms with Crippen molar-refractivity contribution in [3.05, 3.63) is 46.5 Å². The van der Waals surface area contributed by atoms with Crippen molar-refractivity contribution in [1.82, 2.24) is 10.6 Å². The third-order valence-corrected chi connectivity index (χ3v) is 3.49. The first-order chi connectivity index (χ1) is 11.2. The van der Waals surface area contributed by atoms with Gasteiger partial charge in [0.15, 0.2) is 5.96 Å². The predicted molar refractivity (Wildman–Crippen MR) is 92.9 cm³/mol. The monoisotopic (exact) mass is 317 g/mol. The summed E-state index contributed by atoms with van der Waals surface area (Å²) in [6.07, 6.45) is 6.35. The number of nitrogens with zero attached hydrogens (tertiary/aromatic N) is 2. The van der Waals surface area contributed by atoms with Crippen LogP contribution < -0.4 is 16.0 Å². The molecule has 7 nitrogen and oxygen atoms in total. The highest BCUT2D eigenvalue weighted by Crippen LogP contribution is 2.22. The molecule has 1 aliphatic carbocycles. The van der Waals surface area contributed by atoms with Crippen LogP contribution in [0.4, 0.5) is 11.4 Å². The molecule has 0 saturated carbocycles. The molecule has 2 rings (SSSR count). The van der Waals surface area contributed by atoms with Gasteiger partial charge in [0, 0.05) is 25.2 Å². The van der Waals surface area contributed by atoms with Crippen LogP contribution in [0.25, 0.3) is 0 Å². The molecule has 0 heterocycles. The lowest BCUT2D eigenvalue weighted by Gasteiger charge is -2.16. The Morgan fingerprint density at radius 3 is 2.78 bits per heavy atom. The maximum absolute atomic E-state index is 11.0. The van der Waals surface area contributed by atoms with Crippen LogP contribution >= 0.6 is 0 Å². The van der Waals surface area contributed by atoms with Crippen LogP contribution in [0, 0.1) is 10.1 Å². The molecule has 1 aliphatic rings. The summed E-state index contributed by atoms with van der Waals surface area (Å²) >= 11 is 0. The Bertz CT molecular complexity index is 578. The highest BCUT2D eigenvalue weighted by Gasteiger charge is 2.12. The summed E-state index contributed by atoms with van der Waals surface area (Å²) in [6.45, 7) is 3.88. The summed E-state index contributed by atoms with van der Waals surface area (Å²) in [5.41, 5.74) is 0.601. The third kappa shape index (κ3) is 5.28. The van der Waals surface area contributed by atoms with Gasteiger partial charge in [0.1, 0.15) is 5.69 Å². The number of aliphatic imine (C=N–C) groups is 1. The Morgan fingerprint density at radius 2 is 2.09 bits per heavy atom. The zero-order valence-electron chi connectivity index (χ0n) is 13.3. The first-order valence-corrected chi connectivity index (χ1v) is 7.88. The minimum Gasteiger partial charge on any atom is -0.378 e. The quantitative estimate of drug-likeness (QED) is 0.179. The van der Waals surface area contributed by atoms with Crippen LogP contribution in [0.2, 0.25) is 0 Å². The zero-order valence-corrected chi connectivity index (χ0v) is 13.3. The molecule has 0 saturated heterocycles. The van der Waals surface area contributed by atoms with E-state index >= 15 is 0 Å². The summed E-state index contributed by atoms with van der Waals surface area (Å²) in [5.74, 6) is 0.783. The van der Waals surface area contributed by atoms with E-state index in [9.17, 15) is 10.1 Å². The predicted octanol–water partition coefficient (Wildman–Crippen LogP) is 2.28. The van der Waals surface area contributed by atoms with Crippen molar-refractivity contribution in [2.24, 2.45) is 4.99 Å². The molecule has 0 fully saturated rings. The number of nitro groups is 1. The molecule has 7 heteroatoms. The van der Waals surface area contributed by atoms with Crippen molar-refractivity contribution < 1.29 is 4.92 Å². The molecule has 0 radical (unpaired) electrons. The summed E-state index contributed by atoms with van der Waals surface area (Å²) < 4.78 is 0. The van der Waals surface area contributed by atoms with Gasteiger partial charge in [0.2, 0.25) is 0 Å². The van der Waals surface area contributed by atoms with Crippen molar-refractivity contribution in [2.75, 3.05) is 25.0 Å². The Labute approximate surface area is 136 Å². The van der Waals surface area contributed by atoms with Gasteiger partial charge in [-0.3, -0.25) is 15.1 Å². The van der Waals surface area contributed by atoms with Gasteiger partial charge in [-0.15, -0.1) is 0 Å².